The zero-order chi connectivity index (χ0) is 9.97. The molecule has 0 saturated carbocycles. The fraction of sp³-hybridized carbons (Fsp3) is 0.182. The minimum atomic E-state index is 0.887. The average molecular weight is 188 g/mol. The number of rotatable bonds is 2. The van der Waals surface area contributed by atoms with E-state index in [0.29, 0.717) is 0 Å². The number of aromatic nitrogens is 2. The van der Waals surface area contributed by atoms with E-state index < -0.39 is 0 Å². The minimum Gasteiger partial charge on any atom is -0.496 e. The first-order valence-corrected chi connectivity index (χ1v) is 4.46. The van der Waals surface area contributed by atoms with Gasteiger partial charge < -0.3 is 4.74 Å². The highest BCUT2D eigenvalue weighted by Crippen LogP contribution is 2.20. The molecule has 0 saturated heterocycles. The summed E-state index contributed by atoms with van der Waals surface area (Å²) in [7, 11) is 1.68. The number of hydrogen-bond donors (Lipinski definition) is 0. The van der Waals surface area contributed by atoms with Gasteiger partial charge in [-0.2, -0.15) is 5.10 Å². The molecule has 0 radical (unpaired) electrons. The molecule has 1 heterocycles. The summed E-state index contributed by atoms with van der Waals surface area (Å²) in [6.07, 6.45) is 3.66. The van der Waals surface area contributed by atoms with Crippen molar-refractivity contribution in [3.05, 3.63) is 42.2 Å². The molecule has 0 aliphatic carbocycles. The van der Waals surface area contributed by atoms with Crippen LogP contribution in [0.5, 0.6) is 5.75 Å². The van der Waals surface area contributed by atoms with Gasteiger partial charge in [-0.25, -0.2) is 4.68 Å². The van der Waals surface area contributed by atoms with Crippen LogP contribution in [0.15, 0.2) is 36.7 Å². The third-order valence-electron chi connectivity index (χ3n) is 2.16. The Morgan fingerprint density at radius 1 is 1.36 bits per heavy atom. The Bertz CT molecular complexity index is 421. The Hall–Kier alpha value is -1.77. The van der Waals surface area contributed by atoms with Gasteiger partial charge in [0.2, 0.25) is 0 Å². The van der Waals surface area contributed by atoms with Gasteiger partial charge in [0.05, 0.1) is 12.8 Å². The second kappa shape index (κ2) is 3.54. The lowest BCUT2D eigenvalue weighted by atomic mass is 10.2. The topological polar surface area (TPSA) is 27.1 Å². The fourth-order valence-electron chi connectivity index (χ4n) is 1.37. The number of aryl methyl sites for hydroxylation is 1. The van der Waals surface area contributed by atoms with Crippen molar-refractivity contribution in [1.82, 2.24) is 9.78 Å². The van der Waals surface area contributed by atoms with Gasteiger partial charge >= 0.3 is 0 Å². The summed E-state index contributed by atoms with van der Waals surface area (Å²) in [5, 5.41) is 4.15. The van der Waals surface area contributed by atoms with E-state index in [4.69, 9.17) is 4.74 Å². The third-order valence-corrected chi connectivity index (χ3v) is 2.16. The molecule has 0 fully saturated rings. The molecule has 1 aromatic heterocycles. The highest BCUT2D eigenvalue weighted by atomic mass is 16.5. The summed E-state index contributed by atoms with van der Waals surface area (Å²) in [5.41, 5.74) is 2.14. The normalized spacial score (nSPS) is 10.1. The summed E-state index contributed by atoms with van der Waals surface area (Å²) < 4.78 is 7.05. The Kier molecular flexibility index (Phi) is 2.23. The van der Waals surface area contributed by atoms with Gasteiger partial charge in [-0.15, -0.1) is 0 Å². The lowest BCUT2D eigenvalue weighted by molar-refractivity contribution is 0.411. The van der Waals surface area contributed by atoms with E-state index in [1.54, 1.807) is 13.3 Å². The van der Waals surface area contributed by atoms with Crippen molar-refractivity contribution < 1.29 is 4.74 Å². The zero-order valence-electron chi connectivity index (χ0n) is 8.27. The highest BCUT2D eigenvalue weighted by molar-refractivity contribution is 5.43. The third kappa shape index (κ3) is 1.48. The molecule has 0 bridgehead atoms. The fourth-order valence-corrected chi connectivity index (χ4v) is 1.37. The van der Waals surface area contributed by atoms with Crippen LogP contribution in [0, 0.1) is 6.92 Å². The summed E-state index contributed by atoms with van der Waals surface area (Å²) >= 11 is 0. The lowest BCUT2D eigenvalue weighted by Gasteiger charge is -2.07. The number of hydrogen-bond acceptors (Lipinski definition) is 2. The van der Waals surface area contributed by atoms with E-state index in [1.165, 1.54) is 0 Å². The molecule has 0 aliphatic heterocycles. The molecule has 0 aliphatic rings. The molecule has 0 N–H and O–H groups in total. The maximum absolute atomic E-state index is 5.24. The zero-order valence-corrected chi connectivity index (χ0v) is 8.27. The van der Waals surface area contributed by atoms with E-state index >= 15 is 0 Å². The number of ether oxygens (including phenoxy) is 1. The average Bonchev–Trinajstić information content (AvgIpc) is 2.71. The van der Waals surface area contributed by atoms with E-state index in [2.05, 4.69) is 5.10 Å². The van der Waals surface area contributed by atoms with Gasteiger partial charge in [0, 0.05) is 18.5 Å². The Labute approximate surface area is 82.9 Å². The summed E-state index contributed by atoms with van der Waals surface area (Å²) in [6.45, 7) is 2.02. The van der Waals surface area contributed by atoms with Crippen molar-refractivity contribution in [3.63, 3.8) is 0 Å². The summed E-state index contributed by atoms with van der Waals surface area (Å²) in [4.78, 5) is 0. The van der Waals surface area contributed by atoms with Crippen molar-refractivity contribution in [2.24, 2.45) is 0 Å². The standard InChI is InChI=1S/C11H12N2O/c1-9-4-5-10(8-11(9)14-2)13-7-3-6-12-13/h3-8H,1-2H3. The maximum Gasteiger partial charge on any atom is 0.123 e. The Balaban J connectivity index is 2.46. The summed E-state index contributed by atoms with van der Waals surface area (Å²) in [6, 6.07) is 7.91. The first kappa shape index (κ1) is 8.81. The molecular formula is C11H12N2O. The SMILES string of the molecule is COc1cc(-n2cccn2)ccc1C. The van der Waals surface area contributed by atoms with Crippen molar-refractivity contribution in [2.75, 3.05) is 7.11 Å². The Morgan fingerprint density at radius 2 is 2.21 bits per heavy atom. The molecular weight excluding hydrogens is 176 g/mol. The van der Waals surface area contributed by atoms with Crippen molar-refractivity contribution >= 4 is 0 Å². The molecule has 3 nitrogen and oxygen atoms in total. The molecule has 3 heteroatoms. The quantitative estimate of drug-likeness (QED) is 0.722. The Morgan fingerprint density at radius 3 is 2.86 bits per heavy atom. The van der Waals surface area contributed by atoms with Gasteiger partial charge in [0.1, 0.15) is 5.75 Å². The van der Waals surface area contributed by atoms with Crippen molar-refractivity contribution in [2.45, 2.75) is 6.92 Å². The van der Waals surface area contributed by atoms with Gasteiger partial charge in [0.15, 0.2) is 0 Å². The second-order valence-corrected chi connectivity index (χ2v) is 3.10. The van der Waals surface area contributed by atoms with Crippen LogP contribution in [0.1, 0.15) is 5.56 Å². The predicted octanol–water partition coefficient (Wildman–Crippen LogP) is 2.19. The van der Waals surface area contributed by atoms with Gasteiger partial charge in [0.25, 0.3) is 0 Å². The molecule has 0 spiro atoms. The number of benzene rings is 1. The van der Waals surface area contributed by atoms with E-state index in [1.807, 2.05) is 42.1 Å². The van der Waals surface area contributed by atoms with E-state index in [9.17, 15) is 0 Å². The predicted molar refractivity (Wildman–Crippen MR) is 54.9 cm³/mol. The van der Waals surface area contributed by atoms with Crippen LogP contribution in [-0.2, 0) is 0 Å². The van der Waals surface area contributed by atoms with Gasteiger partial charge in [-0.05, 0) is 24.6 Å². The van der Waals surface area contributed by atoms with Crippen LogP contribution in [0.2, 0.25) is 0 Å². The first-order chi connectivity index (χ1) is 6.81. The summed E-state index contributed by atoms with van der Waals surface area (Å²) in [5.74, 6) is 0.887. The molecule has 2 rings (SSSR count). The first-order valence-electron chi connectivity index (χ1n) is 4.46. The highest BCUT2D eigenvalue weighted by Gasteiger charge is 2.01. The monoisotopic (exact) mass is 188 g/mol. The van der Waals surface area contributed by atoms with Crippen LogP contribution in [0.3, 0.4) is 0 Å². The van der Waals surface area contributed by atoms with Crippen LogP contribution < -0.4 is 4.74 Å². The molecule has 14 heavy (non-hydrogen) atoms. The number of nitrogens with zero attached hydrogens (tertiary/aromatic N) is 2. The molecule has 72 valence electrons. The molecule has 2 aromatic rings. The molecule has 0 unspecified atom stereocenters. The van der Waals surface area contributed by atoms with Crippen molar-refractivity contribution in [1.29, 1.82) is 0 Å². The smallest absolute Gasteiger partial charge is 0.123 e. The van der Waals surface area contributed by atoms with Crippen LogP contribution in [0.25, 0.3) is 5.69 Å². The van der Waals surface area contributed by atoms with E-state index in [0.717, 1.165) is 17.0 Å². The molecule has 1 aromatic carbocycles. The van der Waals surface area contributed by atoms with Gasteiger partial charge in [-0.3, -0.25) is 0 Å². The lowest BCUT2D eigenvalue weighted by Crippen LogP contribution is -1.96. The van der Waals surface area contributed by atoms with Gasteiger partial charge in [-0.1, -0.05) is 6.07 Å². The van der Waals surface area contributed by atoms with Crippen LogP contribution in [-0.4, -0.2) is 16.9 Å². The van der Waals surface area contributed by atoms with Crippen molar-refractivity contribution in [3.8, 4) is 11.4 Å². The largest absolute Gasteiger partial charge is 0.496 e. The van der Waals surface area contributed by atoms with E-state index in [-0.39, 0.29) is 0 Å². The number of methoxy groups -OCH3 is 1. The second-order valence-electron chi connectivity index (χ2n) is 3.10. The maximum atomic E-state index is 5.24. The van der Waals surface area contributed by atoms with Crippen LogP contribution >= 0.6 is 0 Å². The molecule has 0 atom stereocenters. The minimum absolute atomic E-state index is 0.887. The molecule has 0 amide bonds. The van der Waals surface area contributed by atoms with Crippen LogP contribution in [0.4, 0.5) is 0 Å².